The zero-order chi connectivity index (χ0) is 15.8. The number of piperazine rings is 1. The van der Waals surface area contributed by atoms with Gasteiger partial charge in [0.2, 0.25) is 0 Å². The summed E-state index contributed by atoms with van der Waals surface area (Å²) in [4.78, 5) is 4.87. The molecule has 0 saturated carbocycles. The Kier molecular flexibility index (Phi) is 7.16. The van der Waals surface area contributed by atoms with E-state index in [-0.39, 0.29) is 0 Å². The summed E-state index contributed by atoms with van der Waals surface area (Å²) < 4.78 is 5.88. The van der Waals surface area contributed by atoms with E-state index in [0.717, 1.165) is 45.0 Å². The molecule has 1 atom stereocenters. The molecule has 0 bridgehead atoms. The van der Waals surface area contributed by atoms with E-state index in [9.17, 15) is 0 Å². The van der Waals surface area contributed by atoms with E-state index in [4.69, 9.17) is 10.5 Å². The Morgan fingerprint density at radius 3 is 2.64 bits per heavy atom. The molecular formula is C18H31N3O. The van der Waals surface area contributed by atoms with Crippen molar-refractivity contribution in [3.63, 3.8) is 0 Å². The van der Waals surface area contributed by atoms with Crippen LogP contribution >= 0.6 is 0 Å². The minimum atomic E-state index is 0.299. The molecule has 1 saturated heterocycles. The molecule has 1 aliphatic heterocycles. The standard InChI is InChI=1S/C18H31N3O/c1-3-4-5-13-22-17-8-6-7-16(14-17)18(15-19)21-11-9-20(2)10-12-21/h6-8,14,18H,3-5,9-13,15,19H2,1-2H3. The van der Waals surface area contributed by atoms with Gasteiger partial charge in [0.05, 0.1) is 6.61 Å². The number of hydrogen-bond donors (Lipinski definition) is 1. The molecule has 0 radical (unpaired) electrons. The lowest BCUT2D eigenvalue weighted by Gasteiger charge is -2.37. The van der Waals surface area contributed by atoms with Crippen LogP contribution in [0.25, 0.3) is 0 Å². The van der Waals surface area contributed by atoms with E-state index in [2.05, 4.69) is 42.0 Å². The predicted molar refractivity (Wildman–Crippen MR) is 92.3 cm³/mol. The van der Waals surface area contributed by atoms with Gasteiger partial charge in [0, 0.05) is 38.8 Å². The van der Waals surface area contributed by atoms with Crippen molar-refractivity contribution in [2.75, 3.05) is 46.4 Å². The summed E-state index contributed by atoms with van der Waals surface area (Å²) in [6.45, 7) is 8.07. The number of unbranched alkanes of at least 4 members (excludes halogenated alkanes) is 2. The summed E-state index contributed by atoms with van der Waals surface area (Å²) >= 11 is 0. The minimum absolute atomic E-state index is 0.299. The third-order valence-corrected chi connectivity index (χ3v) is 4.46. The average Bonchev–Trinajstić information content (AvgIpc) is 2.55. The lowest BCUT2D eigenvalue weighted by molar-refractivity contribution is 0.114. The van der Waals surface area contributed by atoms with Crippen LogP contribution in [0.2, 0.25) is 0 Å². The van der Waals surface area contributed by atoms with Crippen molar-refractivity contribution in [3.05, 3.63) is 29.8 Å². The van der Waals surface area contributed by atoms with E-state index >= 15 is 0 Å². The van der Waals surface area contributed by atoms with Crippen molar-refractivity contribution in [1.82, 2.24) is 9.80 Å². The van der Waals surface area contributed by atoms with Gasteiger partial charge in [0.1, 0.15) is 5.75 Å². The molecular weight excluding hydrogens is 274 g/mol. The summed E-state index contributed by atoms with van der Waals surface area (Å²) in [5.41, 5.74) is 7.34. The summed E-state index contributed by atoms with van der Waals surface area (Å²) in [7, 11) is 2.18. The predicted octanol–water partition coefficient (Wildman–Crippen LogP) is 2.50. The van der Waals surface area contributed by atoms with Crippen molar-refractivity contribution in [3.8, 4) is 5.75 Å². The Labute approximate surface area is 135 Å². The molecule has 1 fully saturated rings. The summed E-state index contributed by atoms with van der Waals surface area (Å²) in [6, 6.07) is 8.78. The Morgan fingerprint density at radius 1 is 1.18 bits per heavy atom. The van der Waals surface area contributed by atoms with Crippen LogP contribution in [0.5, 0.6) is 5.75 Å². The fourth-order valence-corrected chi connectivity index (χ4v) is 2.98. The molecule has 0 amide bonds. The number of nitrogens with zero attached hydrogens (tertiary/aromatic N) is 2. The van der Waals surface area contributed by atoms with Gasteiger partial charge in [-0.2, -0.15) is 0 Å². The number of likely N-dealkylation sites (N-methyl/N-ethyl adjacent to an activating group) is 1. The molecule has 1 heterocycles. The van der Waals surface area contributed by atoms with Gasteiger partial charge in [0.25, 0.3) is 0 Å². The first kappa shape index (κ1) is 17.3. The largest absolute Gasteiger partial charge is 0.494 e. The minimum Gasteiger partial charge on any atom is -0.494 e. The number of rotatable bonds is 8. The highest BCUT2D eigenvalue weighted by Gasteiger charge is 2.22. The molecule has 1 aliphatic rings. The Hall–Kier alpha value is -1.10. The van der Waals surface area contributed by atoms with Crippen molar-refractivity contribution in [2.45, 2.75) is 32.2 Å². The second kappa shape index (κ2) is 9.13. The maximum Gasteiger partial charge on any atom is 0.119 e. The molecule has 124 valence electrons. The van der Waals surface area contributed by atoms with Crippen molar-refractivity contribution < 1.29 is 4.74 Å². The SMILES string of the molecule is CCCCCOc1cccc(C(CN)N2CCN(C)CC2)c1. The molecule has 1 aromatic rings. The van der Waals surface area contributed by atoms with Crippen LogP contribution in [-0.2, 0) is 0 Å². The average molecular weight is 305 g/mol. The van der Waals surface area contributed by atoms with Gasteiger partial charge in [-0.05, 0) is 31.2 Å². The molecule has 2 rings (SSSR count). The zero-order valence-electron chi connectivity index (χ0n) is 14.1. The molecule has 4 nitrogen and oxygen atoms in total. The highest BCUT2D eigenvalue weighted by Crippen LogP contribution is 2.24. The zero-order valence-corrected chi connectivity index (χ0v) is 14.1. The van der Waals surface area contributed by atoms with Gasteiger partial charge in [-0.15, -0.1) is 0 Å². The number of ether oxygens (including phenoxy) is 1. The van der Waals surface area contributed by atoms with Crippen molar-refractivity contribution in [2.24, 2.45) is 5.73 Å². The molecule has 1 aromatic carbocycles. The summed E-state index contributed by atoms with van der Waals surface area (Å²) in [5.74, 6) is 0.973. The van der Waals surface area contributed by atoms with Crippen LogP contribution in [0, 0.1) is 0 Å². The van der Waals surface area contributed by atoms with Gasteiger partial charge in [-0.3, -0.25) is 4.90 Å². The third-order valence-electron chi connectivity index (χ3n) is 4.46. The van der Waals surface area contributed by atoms with E-state index in [1.54, 1.807) is 0 Å². The topological polar surface area (TPSA) is 41.7 Å². The molecule has 22 heavy (non-hydrogen) atoms. The van der Waals surface area contributed by atoms with Crippen LogP contribution in [-0.4, -0.2) is 56.2 Å². The van der Waals surface area contributed by atoms with Gasteiger partial charge in [0.15, 0.2) is 0 Å². The normalized spacial score (nSPS) is 18.3. The van der Waals surface area contributed by atoms with Crippen LogP contribution in [0.3, 0.4) is 0 Å². The number of benzene rings is 1. The Bertz CT molecular complexity index is 430. The first-order valence-electron chi connectivity index (χ1n) is 8.60. The van der Waals surface area contributed by atoms with Gasteiger partial charge < -0.3 is 15.4 Å². The lowest BCUT2D eigenvalue weighted by atomic mass is 10.0. The molecule has 0 spiro atoms. The summed E-state index contributed by atoms with van der Waals surface area (Å²) in [6.07, 6.45) is 3.58. The second-order valence-electron chi connectivity index (χ2n) is 6.22. The second-order valence-corrected chi connectivity index (χ2v) is 6.22. The molecule has 1 unspecified atom stereocenters. The third kappa shape index (κ3) is 4.97. The summed E-state index contributed by atoms with van der Waals surface area (Å²) in [5, 5.41) is 0. The maximum absolute atomic E-state index is 6.06. The first-order chi connectivity index (χ1) is 10.7. The van der Waals surface area contributed by atoms with Gasteiger partial charge in [-0.25, -0.2) is 0 Å². The van der Waals surface area contributed by atoms with Crippen LogP contribution in [0.4, 0.5) is 0 Å². The monoisotopic (exact) mass is 305 g/mol. The number of hydrogen-bond acceptors (Lipinski definition) is 4. The molecule has 0 aromatic heterocycles. The maximum atomic E-state index is 6.06. The fraction of sp³-hybridized carbons (Fsp3) is 0.667. The van der Waals surface area contributed by atoms with Crippen LogP contribution in [0.15, 0.2) is 24.3 Å². The van der Waals surface area contributed by atoms with E-state index in [1.807, 2.05) is 6.07 Å². The fourth-order valence-electron chi connectivity index (χ4n) is 2.98. The quantitative estimate of drug-likeness (QED) is 0.749. The van der Waals surface area contributed by atoms with E-state index < -0.39 is 0 Å². The van der Waals surface area contributed by atoms with E-state index in [1.165, 1.54) is 18.4 Å². The molecule has 0 aliphatic carbocycles. The molecule has 2 N–H and O–H groups in total. The smallest absolute Gasteiger partial charge is 0.119 e. The lowest BCUT2D eigenvalue weighted by Crippen LogP contribution is -2.47. The van der Waals surface area contributed by atoms with Gasteiger partial charge >= 0.3 is 0 Å². The van der Waals surface area contributed by atoms with Crippen molar-refractivity contribution in [1.29, 1.82) is 0 Å². The Morgan fingerprint density at radius 2 is 1.95 bits per heavy atom. The first-order valence-corrected chi connectivity index (χ1v) is 8.60. The number of nitrogens with two attached hydrogens (primary N) is 1. The Balaban J connectivity index is 1.96. The van der Waals surface area contributed by atoms with Crippen LogP contribution in [0.1, 0.15) is 37.8 Å². The highest BCUT2D eigenvalue weighted by atomic mass is 16.5. The molecule has 4 heteroatoms. The highest BCUT2D eigenvalue weighted by molar-refractivity contribution is 5.31. The van der Waals surface area contributed by atoms with Crippen molar-refractivity contribution >= 4 is 0 Å². The van der Waals surface area contributed by atoms with E-state index in [0.29, 0.717) is 12.6 Å². The van der Waals surface area contributed by atoms with Crippen LogP contribution < -0.4 is 10.5 Å². The van der Waals surface area contributed by atoms with Gasteiger partial charge in [-0.1, -0.05) is 31.9 Å².